The standard InChI is InChI=1S/C16H9F/c17-11-8-10-4-3-7-14-12-5-1-2-6-13(12)15(9-11)16(10)14/h1-9H. The molecule has 17 heavy (non-hydrogen) atoms. The average molecular weight is 220 g/mol. The van der Waals surface area contributed by atoms with E-state index in [1.165, 1.54) is 16.5 Å². The molecule has 0 nitrogen and oxygen atoms in total. The fraction of sp³-hybridized carbons (Fsp3) is 0. The van der Waals surface area contributed by atoms with Crippen LogP contribution in [0.3, 0.4) is 0 Å². The summed E-state index contributed by atoms with van der Waals surface area (Å²) in [4.78, 5) is 0. The number of rotatable bonds is 0. The predicted molar refractivity (Wildman–Crippen MR) is 68.3 cm³/mol. The third-order valence-electron chi connectivity index (χ3n) is 3.45. The summed E-state index contributed by atoms with van der Waals surface area (Å²) in [5, 5.41) is 2.16. The third kappa shape index (κ3) is 1.06. The highest BCUT2D eigenvalue weighted by atomic mass is 19.1. The van der Waals surface area contributed by atoms with Gasteiger partial charge < -0.3 is 0 Å². The molecule has 1 heteroatoms. The molecule has 0 unspecified atom stereocenters. The molecule has 0 saturated heterocycles. The van der Waals surface area contributed by atoms with Crippen molar-refractivity contribution in [3.63, 3.8) is 0 Å². The van der Waals surface area contributed by atoms with Gasteiger partial charge in [-0.15, -0.1) is 0 Å². The lowest BCUT2D eigenvalue weighted by molar-refractivity contribution is 0.630. The van der Waals surface area contributed by atoms with Gasteiger partial charge in [-0.25, -0.2) is 4.39 Å². The number of benzene rings is 3. The van der Waals surface area contributed by atoms with Crippen LogP contribution in [0.5, 0.6) is 0 Å². The largest absolute Gasteiger partial charge is 0.207 e. The van der Waals surface area contributed by atoms with Gasteiger partial charge in [0.15, 0.2) is 0 Å². The maximum absolute atomic E-state index is 13.6. The van der Waals surface area contributed by atoms with Gasteiger partial charge in [0.2, 0.25) is 0 Å². The molecule has 0 heterocycles. The highest BCUT2D eigenvalue weighted by molar-refractivity contribution is 6.15. The summed E-state index contributed by atoms with van der Waals surface area (Å²) in [7, 11) is 0. The Hall–Kier alpha value is -2.15. The zero-order chi connectivity index (χ0) is 11.4. The quantitative estimate of drug-likeness (QED) is 0.405. The Kier molecular flexibility index (Phi) is 1.55. The van der Waals surface area contributed by atoms with Crippen LogP contribution >= 0.6 is 0 Å². The van der Waals surface area contributed by atoms with E-state index in [0.29, 0.717) is 0 Å². The molecule has 0 bridgehead atoms. The van der Waals surface area contributed by atoms with E-state index in [2.05, 4.69) is 18.2 Å². The lowest BCUT2D eigenvalue weighted by Gasteiger charge is -2.01. The van der Waals surface area contributed by atoms with Gasteiger partial charge in [0, 0.05) is 0 Å². The monoisotopic (exact) mass is 220 g/mol. The molecule has 0 atom stereocenters. The summed E-state index contributed by atoms with van der Waals surface area (Å²) in [6, 6.07) is 17.5. The Morgan fingerprint density at radius 2 is 1.35 bits per heavy atom. The molecule has 0 spiro atoms. The van der Waals surface area contributed by atoms with Gasteiger partial charge >= 0.3 is 0 Å². The Labute approximate surface area is 98.3 Å². The lowest BCUT2D eigenvalue weighted by Crippen LogP contribution is -1.79. The van der Waals surface area contributed by atoms with E-state index in [-0.39, 0.29) is 5.82 Å². The zero-order valence-electron chi connectivity index (χ0n) is 9.07. The number of hydrogen-bond donors (Lipinski definition) is 0. The number of halogens is 1. The molecule has 80 valence electrons. The molecule has 4 rings (SSSR count). The second-order valence-electron chi connectivity index (χ2n) is 4.40. The zero-order valence-corrected chi connectivity index (χ0v) is 9.07. The molecular formula is C16H9F. The van der Waals surface area contributed by atoms with Gasteiger partial charge in [0.1, 0.15) is 5.82 Å². The fourth-order valence-electron chi connectivity index (χ4n) is 2.78. The Bertz CT molecular complexity index is 757. The van der Waals surface area contributed by atoms with Crippen molar-refractivity contribution in [1.29, 1.82) is 0 Å². The Morgan fingerprint density at radius 3 is 2.18 bits per heavy atom. The summed E-state index contributed by atoms with van der Waals surface area (Å²) in [6.07, 6.45) is 0. The molecule has 0 saturated carbocycles. The first-order valence-corrected chi connectivity index (χ1v) is 5.67. The van der Waals surface area contributed by atoms with Crippen LogP contribution < -0.4 is 0 Å². The van der Waals surface area contributed by atoms with Crippen molar-refractivity contribution in [2.45, 2.75) is 0 Å². The van der Waals surface area contributed by atoms with Crippen molar-refractivity contribution in [1.82, 2.24) is 0 Å². The topological polar surface area (TPSA) is 0 Å². The van der Waals surface area contributed by atoms with Gasteiger partial charge in [-0.2, -0.15) is 0 Å². The van der Waals surface area contributed by atoms with Crippen molar-refractivity contribution in [2.24, 2.45) is 0 Å². The van der Waals surface area contributed by atoms with E-state index in [9.17, 15) is 4.39 Å². The highest BCUT2D eigenvalue weighted by Crippen LogP contribution is 2.46. The van der Waals surface area contributed by atoms with Crippen molar-refractivity contribution in [3.05, 3.63) is 60.4 Å². The first kappa shape index (κ1) is 8.94. The molecule has 1 aliphatic rings. The van der Waals surface area contributed by atoms with Crippen molar-refractivity contribution in [2.75, 3.05) is 0 Å². The lowest BCUT2D eigenvalue weighted by atomic mass is 10.0. The predicted octanol–water partition coefficient (Wildman–Crippen LogP) is 4.63. The van der Waals surface area contributed by atoms with Crippen LogP contribution in [0.4, 0.5) is 4.39 Å². The van der Waals surface area contributed by atoms with Crippen LogP contribution in [-0.4, -0.2) is 0 Å². The number of fused-ring (bicyclic) bond motifs is 3. The highest BCUT2D eigenvalue weighted by Gasteiger charge is 2.20. The molecule has 0 fully saturated rings. The molecule has 1 aliphatic carbocycles. The van der Waals surface area contributed by atoms with Crippen LogP contribution in [0.2, 0.25) is 0 Å². The van der Waals surface area contributed by atoms with Crippen LogP contribution in [0.1, 0.15) is 0 Å². The van der Waals surface area contributed by atoms with Crippen LogP contribution in [0.15, 0.2) is 54.6 Å². The molecule has 0 aliphatic heterocycles. The summed E-state index contributed by atoms with van der Waals surface area (Å²) < 4.78 is 13.6. The average Bonchev–Trinajstić information content (AvgIpc) is 2.67. The van der Waals surface area contributed by atoms with E-state index in [1.807, 2.05) is 24.3 Å². The Balaban J connectivity index is 2.30. The minimum absolute atomic E-state index is 0.165. The van der Waals surface area contributed by atoms with E-state index in [1.54, 1.807) is 12.1 Å². The second-order valence-corrected chi connectivity index (χ2v) is 4.40. The Morgan fingerprint density at radius 1 is 0.647 bits per heavy atom. The maximum Gasteiger partial charge on any atom is 0.124 e. The minimum atomic E-state index is -0.165. The number of hydrogen-bond acceptors (Lipinski definition) is 0. The first-order valence-electron chi connectivity index (χ1n) is 5.67. The summed E-state index contributed by atoms with van der Waals surface area (Å²) >= 11 is 0. The van der Waals surface area contributed by atoms with Gasteiger partial charge in [-0.1, -0.05) is 42.5 Å². The van der Waals surface area contributed by atoms with Crippen LogP contribution in [-0.2, 0) is 0 Å². The van der Waals surface area contributed by atoms with E-state index < -0.39 is 0 Å². The van der Waals surface area contributed by atoms with E-state index in [0.717, 1.165) is 16.5 Å². The van der Waals surface area contributed by atoms with Crippen molar-refractivity contribution in [3.8, 4) is 22.3 Å². The van der Waals surface area contributed by atoms with E-state index >= 15 is 0 Å². The van der Waals surface area contributed by atoms with Gasteiger partial charge in [0.25, 0.3) is 0 Å². The maximum atomic E-state index is 13.6. The molecule has 3 aromatic rings. The first-order chi connectivity index (χ1) is 8.34. The summed E-state index contributed by atoms with van der Waals surface area (Å²) in [5.74, 6) is -0.165. The van der Waals surface area contributed by atoms with Crippen LogP contribution in [0.25, 0.3) is 33.0 Å². The van der Waals surface area contributed by atoms with Crippen molar-refractivity contribution >= 4 is 10.8 Å². The molecule has 0 amide bonds. The fourth-order valence-corrected chi connectivity index (χ4v) is 2.78. The van der Waals surface area contributed by atoms with Gasteiger partial charge in [-0.05, 0) is 45.2 Å². The summed E-state index contributed by atoms with van der Waals surface area (Å²) in [5.41, 5.74) is 4.58. The SMILES string of the molecule is Fc1cc2c3c(cccc3c1)-c1ccccc1-2. The molecular weight excluding hydrogens is 211 g/mol. The second kappa shape index (κ2) is 2.95. The third-order valence-corrected chi connectivity index (χ3v) is 3.45. The van der Waals surface area contributed by atoms with Gasteiger partial charge in [0.05, 0.1) is 0 Å². The minimum Gasteiger partial charge on any atom is -0.207 e. The smallest absolute Gasteiger partial charge is 0.124 e. The van der Waals surface area contributed by atoms with Gasteiger partial charge in [-0.3, -0.25) is 0 Å². The molecule has 0 radical (unpaired) electrons. The summed E-state index contributed by atoms with van der Waals surface area (Å²) in [6.45, 7) is 0. The molecule has 0 aromatic heterocycles. The van der Waals surface area contributed by atoms with Crippen molar-refractivity contribution < 1.29 is 4.39 Å². The molecule has 3 aromatic carbocycles. The molecule has 0 N–H and O–H groups in total. The normalized spacial score (nSPS) is 11.8. The van der Waals surface area contributed by atoms with E-state index in [4.69, 9.17) is 0 Å². The van der Waals surface area contributed by atoms with Crippen LogP contribution in [0, 0.1) is 5.82 Å².